The van der Waals surface area contributed by atoms with E-state index in [1.807, 2.05) is 69.8 Å². The molecule has 0 radical (unpaired) electrons. The SMILES string of the molecule is N#Cc1c2c(n(-c3ccccc3)c1N)Cc1c(C#N)c(N)n(-c3ccccc3)c1C2. The molecular weight excluding hydrogens is 372 g/mol. The molecule has 0 saturated carbocycles. The van der Waals surface area contributed by atoms with Crippen LogP contribution in [0.3, 0.4) is 0 Å². The minimum atomic E-state index is 0.427. The number of nitrogens with two attached hydrogens (primary N) is 2. The monoisotopic (exact) mass is 390 g/mol. The summed E-state index contributed by atoms with van der Waals surface area (Å²) in [5.74, 6) is 0.855. The molecule has 1 aliphatic rings. The second kappa shape index (κ2) is 6.58. The maximum absolute atomic E-state index is 9.85. The van der Waals surface area contributed by atoms with Crippen molar-refractivity contribution in [2.75, 3.05) is 11.5 Å². The Morgan fingerprint density at radius 1 is 0.633 bits per heavy atom. The largest absolute Gasteiger partial charge is 0.384 e. The molecule has 1 aliphatic carbocycles. The minimum absolute atomic E-state index is 0.427. The summed E-state index contributed by atoms with van der Waals surface area (Å²) < 4.78 is 3.85. The Balaban J connectivity index is 1.77. The van der Waals surface area contributed by atoms with Gasteiger partial charge in [0.15, 0.2) is 0 Å². The van der Waals surface area contributed by atoms with Gasteiger partial charge in [0.1, 0.15) is 23.8 Å². The van der Waals surface area contributed by atoms with E-state index in [9.17, 15) is 10.5 Å². The molecule has 2 aromatic carbocycles. The molecule has 0 atom stereocenters. The standard InChI is InChI=1S/C24H18N6/c25-13-19-17-12-22-18(11-21(17)29(23(19)27)15-7-3-1-4-8-15)20(14-26)24(28)30(22)16-9-5-2-6-10-16/h1-10H,11-12,27-28H2. The number of hydrogen-bond acceptors (Lipinski definition) is 4. The lowest BCUT2D eigenvalue weighted by atomic mass is 9.91. The number of nitrogen functional groups attached to an aromatic ring is 2. The van der Waals surface area contributed by atoms with Crippen LogP contribution in [0.1, 0.15) is 33.6 Å². The molecule has 4 N–H and O–H groups in total. The second-order valence-electron chi connectivity index (χ2n) is 7.29. The van der Waals surface area contributed by atoms with Gasteiger partial charge in [-0.2, -0.15) is 10.5 Å². The Kier molecular flexibility index (Phi) is 3.87. The molecule has 5 rings (SSSR count). The van der Waals surface area contributed by atoms with Gasteiger partial charge < -0.3 is 11.5 Å². The molecule has 4 aromatic rings. The zero-order valence-electron chi connectivity index (χ0n) is 16.1. The van der Waals surface area contributed by atoms with Crippen LogP contribution in [0.4, 0.5) is 11.6 Å². The van der Waals surface area contributed by atoms with Crippen LogP contribution in [0.15, 0.2) is 60.7 Å². The van der Waals surface area contributed by atoms with Gasteiger partial charge in [-0.3, -0.25) is 9.13 Å². The predicted molar refractivity (Wildman–Crippen MR) is 115 cm³/mol. The highest BCUT2D eigenvalue weighted by Crippen LogP contribution is 2.41. The molecule has 0 unspecified atom stereocenters. The van der Waals surface area contributed by atoms with E-state index in [1.54, 1.807) is 0 Å². The lowest BCUT2D eigenvalue weighted by molar-refractivity contribution is 0.862. The second-order valence-corrected chi connectivity index (χ2v) is 7.29. The lowest BCUT2D eigenvalue weighted by Crippen LogP contribution is -2.13. The Morgan fingerprint density at radius 3 is 1.33 bits per heavy atom. The Labute approximate surface area is 173 Å². The van der Waals surface area contributed by atoms with Crippen molar-refractivity contribution in [3.05, 3.63) is 94.3 Å². The lowest BCUT2D eigenvalue weighted by Gasteiger charge is -2.19. The molecule has 0 fully saturated rings. The van der Waals surface area contributed by atoms with Crippen molar-refractivity contribution in [3.63, 3.8) is 0 Å². The van der Waals surface area contributed by atoms with Gasteiger partial charge in [0.25, 0.3) is 0 Å². The first kappa shape index (κ1) is 17.7. The fraction of sp³-hybridized carbons (Fsp3) is 0.0833. The first-order valence-corrected chi connectivity index (χ1v) is 9.60. The predicted octanol–water partition coefficient (Wildman–Crippen LogP) is 3.67. The summed E-state index contributed by atoms with van der Waals surface area (Å²) in [6, 6.07) is 24.0. The molecule has 0 amide bonds. The third kappa shape index (κ3) is 2.35. The van der Waals surface area contributed by atoms with Crippen molar-refractivity contribution in [2.24, 2.45) is 0 Å². The van der Waals surface area contributed by atoms with Gasteiger partial charge in [-0.05, 0) is 35.4 Å². The first-order chi connectivity index (χ1) is 14.7. The highest BCUT2D eigenvalue weighted by atomic mass is 15.1. The van der Waals surface area contributed by atoms with E-state index >= 15 is 0 Å². The summed E-state index contributed by atoms with van der Waals surface area (Å²) >= 11 is 0. The van der Waals surface area contributed by atoms with Gasteiger partial charge >= 0.3 is 0 Å². The van der Waals surface area contributed by atoms with Gasteiger partial charge in [-0.25, -0.2) is 0 Å². The number of aromatic nitrogens is 2. The van der Waals surface area contributed by atoms with Gasteiger partial charge in [-0.1, -0.05) is 36.4 Å². The van der Waals surface area contributed by atoms with Crippen molar-refractivity contribution >= 4 is 11.6 Å². The molecule has 6 nitrogen and oxygen atoms in total. The number of anilines is 2. The summed E-state index contributed by atoms with van der Waals surface area (Å²) in [4.78, 5) is 0. The third-order valence-corrected chi connectivity index (χ3v) is 5.78. The Morgan fingerprint density at radius 2 is 1.00 bits per heavy atom. The van der Waals surface area contributed by atoms with E-state index in [0.717, 1.165) is 33.9 Å². The third-order valence-electron chi connectivity index (χ3n) is 5.78. The molecule has 30 heavy (non-hydrogen) atoms. The number of para-hydroxylation sites is 2. The van der Waals surface area contributed by atoms with Crippen LogP contribution >= 0.6 is 0 Å². The van der Waals surface area contributed by atoms with E-state index < -0.39 is 0 Å². The van der Waals surface area contributed by atoms with Crippen molar-refractivity contribution in [1.82, 2.24) is 9.13 Å². The highest BCUT2D eigenvalue weighted by Gasteiger charge is 2.32. The summed E-state index contributed by atoms with van der Waals surface area (Å²) in [6.07, 6.45) is 0.969. The summed E-state index contributed by atoms with van der Waals surface area (Å²) in [5.41, 5.74) is 19.3. The van der Waals surface area contributed by atoms with Crippen molar-refractivity contribution in [1.29, 1.82) is 10.5 Å². The number of benzene rings is 2. The maximum atomic E-state index is 9.85. The fourth-order valence-electron chi connectivity index (χ4n) is 4.46. The van der Waals surface area contributed by atoms with Gasteiger partial charge in [-0.15, -0.1) is 0 Å². The smallest absolute Gasteiger partial charge is 0.126 e. The topological polar surface area (TPSA) is 109 Å². The zero-order valence-corrected chi connectivity index (χ0v) is 16.1. The van der Waals surface area contributed by atoms with Crippen molar-refractivity contribution < 1.29 is 0 Å². The van der Waals surface area contributed by atoms with Crippen LogP contribution in [-0.2, 0) is 12.8 Å². The van der Waals surface area contributed by atoms with E-state index in [0.29, 0.717) is 35.6 Å². The molecule has 0 spiro atoms. The summed E-state index contributed by atoms with van der Waals surface area (Å²) in [5, 5.41) is 19.7. The average Bonchev–Trinajstić information content (AvgIpc) is 3.21. The van der Waals surface area contributed by atoms with Crippen LogP contribution < -0.4 is 11.5 Å². The molecule has 0 saturated heterocycles. The van der Waals surface area contributed by atoms with Crippen LogP contribution in [0, 0.1) is 22.7 Å². The first-order valence-electron chi connectivity index (χ1n) is 9.60. The molecule has 6 heteroatoms. The molecule has 0 bridgehead atoms. The summed E-state index contributed by atoms with van der Waals surface area (Å²) in [6.45, 7) is 0. The van der Waals surface area contributed by atoms with Crippen LogP contribution in [0.2, 0.25) is 0 Å². The van der Waals surface area contributed by atoms with Crippen LogP contribution in [-0.4, -0.2) is 9.13 Å². The summed E-state index contributed by atoms with van der Waals surface area (Å²) in [7, 11) is 0. The number of nitriles is 2. The number of hydrogen-bond donors (Lipinski definition) is 2. The maximum Gasteiger partial charge on any atom is 0.126 e. The van der Waals surface area contributed by atoms with Gasteiger partial charge in [0, 0.05) is 35.6 Å². The molecule has 2 heterocycles. The van der Waals surface area contributed by atoms with Crippen LogP contribution in [0.5, 0.6) is 0 Å². The van der Waals surface area contributed by atoms with Crippen LogP contribution in [0.25, 0.3) is 11.4 Å². The van der Waals surface area contributed by atoms with E-state index in [4.69, 9.17) is 11.5 Å². The fourth-order valence-corrected chi connectivity index (χ4v) is 4.46. The van der Waals surface area contributed by atoms with E-state index in [1.165, 1.54) is 0 Å². The highest BCUT2D eigenvalue weighted by molar-refractivity contribution is 5.70. The number of fused-ring (bicyclic) bond motifs is 2. The minimum Gasteiger partial charge on any atom is -0.384 e. The molecule has 0 aliphatic heterocycles. The van der Waals surface area contributed by atoms with E-state index in [2.05, 4.69) is 12.1 Å². The molecule has 2 aromatic heterocycles. The quantitative estimate of drug-likeness (QED) is 0.479. The van der Waals surface area contributed by atoms with Gasteiger partial charge in [0.2, 0.25) is 0 Å². The number of rotatable bonds is 2. The van der Waals surface area contributed by atoms with E-state index in [-0.39, 0.29) is 0 Å². The Bertz CT molecular complexity index is 1250. The normalized spacial score (nSPS) is 11.9. The van der Waals surface area contributed by atoms with Gasteiger partial charge in [0.05, 0.1) is 11.1 Å². The molecule has 144 valence electrons. The van der Waals surface area contributed by atoms with Crippen molar-refractivity contribution in [2.45, 2.75) is 12.8 Å². The number of nitrogens with zero attached hydrogens (tertiary/aromatic N) is 4. The van der Waals surface area contributed by atoms with Crippen molar-refractivity contribution in [3.8, 4) is 23.5 Å². The Hall–Kier alpha value is -4.42. The zero-order chi connectivity index (χ0) is 20.8. The molecular formula is C24H18N6. The average molecular weight is 390 g/mol.